The molecule has 0 radical (unpaired) electrons. The molecule has 1 atom stereocenters. The number of amides is 1. The van der Waals surface area contributed by atoms with Gasteiger partial charge in [-0.05, 0) is 23.6 Å². The third-order valence-corrected chi connectivity index (χ3v) is 4.09. The molecule has 0 spiro atoms. The van der Waals surface area contributed by atoms with Gasteiger partial charge in [0.25, 0.3) is 0 Å². The second-order valence-electron chi connectivity index (χ2n) is 6.48. The van der Waals surface area contributed by atoms with Gasteiger partial charge in [-0.25, -0.2) is 0 Å². The highest BCUT2D eigenvalue weighted by atomic mass is 16.4. The third-order valence-electron chi connectivity index (χ3n) is 4.09. The van der Waals surface area contributed by atoms with Crippen LogP contribution in [0.5, 0.6) is 0 Å². The van der Waals surface area contributed by atoms with Crippen LogP contribution in [0.2, 0.25) is 0 Å². The Kier molecular flexibility index (Phi) is 6.33. The largest absolute Gasteiger partial charge is 0.425 e. The second-order valence-corrected chi connectivity index (χ2v) is 6.48. The molecule has 0 aliphatic carbocycles. The first-order chi connectivity index (χ1) is 13.1. The summed E-state index contributed by atoms with van der Waals surface area (Å²) in [6.07, 6.45) is 0.624. The summed E-state index contributed by atoms with van der Waals surface area (Å²) >= 11 is 0. The SMILES string of the molecule is CC(O)CNC(=O)CCc1nnc(Cc2ccc(-c3ccccc3)cc2)o1. The van der Waals surface area contributed by atoms with Crippen molar-refractivity contribution < 1.29 is 14.3 Å². The van der Waals surface area contributed by atoms with Crippen LogP contribution >= 0.6 is 0 Å². The van der Waals surface area contributed by atoms with Gasteiger partial charge in [-0.1, -0.05) is 54.6 Å². The molecule has 2 N–H and O–H groups in total. The van der Waals surface area contributed by atoms with E-state index < -0.39 is 6.10 Å². The van der Waals surface area contributed by atoms with Crippen molar-refractivity contribution in [1.29, 1.82) is 0 Å². The van der Waals surface area contributed by atoms with E-state index in [-0.39, 0.29) is 18.9 Å². The Morgan fingerprint density at radius 2 is 1.70 bits per heavy atom. The van der Waals surface area contributed by atoms with Gasteiger partial charge in [0.05, 0.1) is 12.5 Å². The normalized spacial score (nSPS) is 11.9. The van der Waals surface area contributed by atoms with Crippen molar-refractivity contribution in [2.24, 2.45) is 0 Å². The van der Waals surface area contributed by atoms with Crippen molar-refractivity contribution in [2.45, 2.75) is 32.3 Å². The van der Waals surface area contributed by atoms with E-state index >= 15 is 0 Å². The van der Waals surface area contributed by atoms with Crippen LogP contribution in [-0.2, 0) is 17.6 Å². The van der Waals surface area contributed by atoms with Crippen LogP contribution < -0.4 is 5.32 Å². The molecule has 0 saturated heterocycles. The summed E-state index contributed by atoms with van der Waals surface area (Å²) in [7, 11) is 0. The van der Waals surface area contributed by atoms with E-state index in [1.54, 1.807) is 6.92 Å². The summed E-state index contributed by atoms with van der Waals surface area (Å²) < 4.78 is 5.63. The number of carbonyl (C=O) groups is 1. The number of aromatic nitrogens is 2. The minimum Gasteiger partial charge on any atom is -0.425 e. The van der Waals surface area contributed by atoms with E-state index in [1.807, 2.05) is 18.2 Å². The predicted molar refractivity (Wildman–Crippen MR) is 102 cm³/mol. The highest BCUT2D eigenvalue weighted by Gasteiger charge is 2.10. The number of rotatable bonds is 8. The highest BCUT2D eigenvalue weighted by Crippen LogP contribution is 2.20. The van der Waals surface area contributed by atoms with Crippen molar-refractivity contribution in [3.63, 3.8) is 0 Å². The maximum atomic E-state index is 11.7. The Hall–Kier alpha value is -2.99. The van der Waals surface area contributed by atoms with Gasteiger partial charge >= 0.3 is 0 Å². The number of carbonyl (C=O) groups excluding carboxylic acids is 1. The zero-order chi connectivity index (χ0) is 19.1. The van der Waals surface area contributed by atoms with E-state index in [4.69, 9.17) is 9.52 Å². The average Bonchev–Trinajstić information content (AvgIpc) is 3.13. The fourth-order valence-corrected chi connectivity index (χ4v) is 2.65. The summed E-state index contributed by atoms with van der Waals surface area (Å²) in [5.74, 6) is 0.826. The summed E-state index contributed by atoms with van der Waals surface area (Å²) in [6.45, 7) is 1.86. The maximum Gasteiger partial charge on any atom is 0.220 e. The highest BCUT2D eigenvalue weighted by molar-refractivity contribution is 5.76. The van der Waals surface area contributed by atoms with Crippen molar-refractivity contribution >= 4 is 5.91 Å². The Balaban J connectivity index is 1.52. The molecule has 1 aromatic heterocycles. The lowest BCUT2D eigenvalue weighted by molar-refractivity contribution is -0.121. The van der Waals surface area contributed by atoms with Crippen molar-refractivity contribution in [2.75, 3.05) is 6.54 Å². The first-order valence-electron chi connectivity index (χ1n) is 9.00. The molecule has 0 aliphatic rings. The Bertz CT molecular complexity index is 858. The number of hydrogen-bond donors (Lipinski definition) is 2. The molecule has 0 bridgehead atoms. The molecular formula is C21H23N3O3. The number of nitrogens with one attached hydrogen (secondary N) is 1. The van der Waals surface area contributed by atoms with Crippen LogP contribution in [0, 0.1) is 0 Å². The molecule has 2 aromatic carbocycles. The number of aryl methyl sites for hydroxylation is 1. The summed E-state index contributed by atoms with van der Waals surface area (Å²) in [6, 6.07) is 18.5. The van der Waals surface area contributed by atoms with Crippen LogP contribution in [0.25, 0.3) is 11.1 Å². The van der Waals surface area contributed by atoms with E-state index in [1.165, 1.54) is 5.56 Å². The van der Waals surface area contributed by atoms with Gasteiger partial charge in [-0.2, -0.15) is 0 Å². The van der Waals surface area contributed by atoms with Gasteiger partial charge < -0.3 is 14.8 Å². The Labute approximate surface area is 158 Å². The second kappa shape index (κ2) is 9.09. The summed E-state index contributed by atoms with van der Waals surface area (Å²) in [5.41, 5.74) is 3.42. The fraction of sp³-hybridized carbons (Fsp3) is 0.286. The quantitative estimate of drug-likeness (QED) is 0.641. The van der Waals surface area contributed by atoms with Gasteiger partial charge in [0, 0.05) is 19.4 Å². The lowest BCUT2D eigenvalue weighted by Crippen LogP contribution is -2.30. The fourth-order valence-electron chi connectivity index (χ4n) is 2.65. The number of nitrogens with zero attached hydrogens (tertiary/aromatic N) is 2. The molecule has 6 nitrogen and oxygen atoms in total. The average molecular weight is 365 g/mol. The van der Waals surface area contributed by atoms with Gasteiger partial charge in [0.15, 0.2) is 0 Å². The van der Waals surface area contributed by atoms with Gasteiger partial charge in [-0.15, -0.1) is 10.2 Å². The lowest BCUT2D eigenvalue weighted by Gasteiger charge is -2.05. The predicted octanol–water partition coefficient (Wildman–Crippen LogP) is 2.76. The van der Waals surface area contributed by atoms with Crippen LogP contribution in [0.4, 0.5) is 0 Å². The molecule has 0 saturated carbocycles. The Morgan fingerprint density at radius 1 is 1.04 bits per heavy atom. The smallest absolute Gasteiger partial charge is 0.220 e. The molecule has 140 valence electrons. The van der Waals surface area contributed by atoms with E-state index in [0.717, 1.165) is 11.1 Å². The van der Waals surface area contributed by atoms with Gasteiger partial charge in [-0.3, -0.25) is 4.79 Å². The van der Waals surface area contributed by atoms with E-state index in [0.29, 0.717) is 24.6 Å². The minimum atomic E-state index is -0.558. The number of aliphatic hydroxyl groups excluding tert-OH is 1. The number of aliphatic hydroxyl groups is 1. The molecule has 1 amide bonds. The molecule has 0 aliphatic heterocycles. The first-order valence-corrected chi connectivity index (χ1v) is 9.00. The molecule has 3 aromatic rings. The lowest BCUT2D eigenvalue weighted by atomic mass is 10.0. The standard InChI is InChI=1S/C21H23N3O3/c1-15(25)14-22-19(26)11-12-20-23-24-21(27-20)13-16-7-9-18(10-8-16)17-5-3-2-4-6-17/h2-10,15,25H,11-14H2,1H3,(H,22,26). The topological polar surface area (TPSA) is 88.2 Å². The molecule has 6 heteroatoms. The summed E-state index contributed by atoms with van der Waals surface area (Å²) in [5, 5.41) is 19.8. The molecule has 1 unspecified atom stereocenters. The van der Waals surface area contributed by atoms with Crippen LogP contribution in [0.3, 0.4) is 0 Å². The molecule has 27 heavy (non-hydrogen) atoms. The zero-order valence-electron chi connectivity index (χ0n) is 15.3. The van der Waals surface area contributed by atoms with E-state index in [9.17, 15) is 4.79 Å². The van der Waals surface area contributed by atoms with Gasteiger partial charge in [0.1, 0.15) is 0 Å². The third kappa shape index (κ3) is 5.76. The van der Waals surface area contributed by atoms with Crippen LogP contribution in [-0.4, -0.2) is 33.9 Å². The molecule has 1 heterocycles. The molecular weight excluding hydrogens is 342 g/mol. The van der Waals surface area contributed by atoms with E-state index in [2.05, 4.69) is 51.9 Å². The monoisotopic (exact) mass is 365 g/mol. The van der Waals surface area contributed by atoms with Crippen molar-refractivity contribution in [3.05, 3.63) is 71.9 Å². The maximum absolute atomic E-state index is 11.7. The number of hydrogen-bond acceptors (Lipinski definition) is 5. The minimum absolute atomic E-state index is 0.146. The Morgan fingerprint density at radius 3 is 2.41 bits per heavy atom. The molecule has 3 rings (SSSR count). The zero-order valence-corrected chi connectivity index (χ0v) is 15.3. The van der Waals surface area contributed by atoms with Crippen molar-refractivity contribution in [1.82, 2.24) is 15.5 Å². The van der Waals surface area contributed by atoms with Crippen LogP contribution in [0.15, 0.2) is 59.0 Å². The number of benzene rings is 2. The van der Waals surface area contributed by atoms with Crippen molar-refractivity contribution in [3.8, 4) is 11.1 Å². The molecule has 0 fully saturated rings. The van der Waals surface area contributed by atoms with Crippen LogP contribution in [0.1, 0.15) is 30.7 Å². The summed E-state index contributed by atoms with van der Waals surface area (Å²) in [4.78, 5) is 11.7. The first kappa shape index (κ1) is 18.8. The van der Waals surface area contributed by atoms with Gasteiger partial charge in [0.2, 0.25) is 17.7 Å².